The van der Waals surface area contributed by atoms with E-state index in [0.29, 0.717) is 19.3 Å². The molecule has 0 aliphatic heterocycles. The van der Waals surface area contributed by atoms with Gasteiger partial charge in [-0.2, -0.15) is 0 Å². The molecule has 82 heavy (non-hydrogen) atoms. The highest BCUT2D eigenvalue weighted by Gasteiger charge is 2.20. The Kier molecular flexibility index (Phi) is 69.5. The van der Waals surface area contributed by atoms with E-state index >= 15 is 0 Å². The second-order valence-electron chi connectivity index (χ2n) is 25.6. The molecule has 1 unspecified atom stereocenters. The molecule has 0 saturated heterocycles. The molecule has 0 aliphatic carbocycles. The summed E-state index contributed by atoms with van der Waals surface area (Å²) in [4.78, 5) is 38.5. The van der Waals surface area contributed by atoms with E-state index in [1.807, 2.05) is 0 Å². The van der Waals surface area contributed by atoms with Crippen LogP contribution in [0.4, 0.5) is 0 Å². The van der Waals surface area contributed by atoms with Crippen molar-refractivity contribution in [2.75, 3.05) is 13.2 Å². The van der Waals surface area contributed by atoms with Crippen LogP contribution in [0.15, 0.2) is 24.3 Å². The van der Waals surface area contributed by atoms with Gasteiger partial charge in [-0.25, -0.2) is 0 Å². The third kappa shape index (κ3) is 68.7. The lowest BCUT2D eigenvalue weighted by molar-refractivity contribution is -0.167. The summed E-state index contributed by atoms with van der Waals surface area (Å²) in [5.41, 5.74) is 0. The van der Waals surface area contributed by atoms with E-state index in [1.165, 1.54) is 308 Å². The Hall–Kier alpha value is -2.11. The van der Waals surface area contributed by atoms with Crippen LogP contribution >= 0.6 is 0 Å². The van der Waals surface area contributed by atoms with Crippen molar-refractivity contribution >= 4 is 17.9 Å². The van der Waals surface area contributed by atoms with Gasteiger partial charge in [-0.1, -0.05) is 379 Å². The average Bonchev–Trinajstić information content (AvgIpc) is 3.48. The largest absolute Gasteiger partial charge is 0.462 e. The van der Waals surface area contributed by atoms with Crippen molar-refractivity contribution in [3.05, 3.63) is 24.3 Å². The first-order valence-electron chi connectivity index (χ1n) is 37.3. The van der Waals surface area contributed by atoms with Crippen molar-refractivity contribution < 1.29 is 28.6 Å². The van der Waals surface area contributed by atoms with E-state index in [-0.39, 0.29) is 31.1 Å². The summed E-state index contributed by atoms with van der Waals surface area (Å²) in [6, 6.07) is 0. The molecule has 0 aliphatic rings. The number of carbonyl (C=O) groups excluding carboxylic acids is 3. The van der Waals surface area contributed by atoms with E-state index < -0.39 is 6.10 Å². The molecular formula is C76H144O6. The van der Waals surface area contributed by atoms with Gasteiger partial charge in [0.15, 0.2) is 6.10 Å². The van der Waals surface area contributed by atoms with Gasteiger partial charge in [0.1, 0.15) is 13.2 Å². The topological polar surface area (TPSA) is 78.9 Å². The van der Waals surface area contributed by atoms with Crippen molar-refractivity contribution in [2.24, 2.45) is 0 Å². The molecule has 0 aromatic carbocycles. The molecule has 0 spiro atoms. The van der Waals surface area contributed by atoms with Crippen LogP contribution in [0, 0.1) is 0 Å². The van der Waals surface area contributed by atoms with Crippen molar-refractivity contribution in [2.45, 2.75) is 431 Å². The highest BCUT2D eigenvalue weighted by atomic mass is 16.6. The van der Waals surface area contributed by atoms with Crippen molar-refractivity contribution in [3.8, 4) is 0 Å². The predicted molar refractivity (Wildman–Crippen MR) is 358 cm³/mol. The summed E-state index contributed by atoms with van der Waals surface area (Å²) in [7, 11) is 0. The maximum atomic E-state index is 13.0. The van der Waals surface area contributed by atoms with Gasteiger partial charge < -0.3 is 14.2 Å². The van der Waals surface area contributed by atoms with Crippen LogP contribution in [0.1, 0.15) is 425 Å². The summed E-state index contributed by atoms with van der Waals surface area (Å²) in [5.74, 6) is -0.847. The highest BCUT2D eigenvalue weighted by Crippen LogP contribution is 2.19. The van der Waals surface area contributed by atoms with Crippen molar-refractivity contribution in [3.63, 3.8) is 0 Å². The number of hydrogen-bond acceptors (Lipinski definition) is 6. The first kappa shape index (κ1) is 79.9. The Labute approximate surface area is 513 Å². The van der Waals surface area contributed by atoms with E-state index in [0.717, 1.165) is 77.0 Å². The standard InChI is InChI=1S/C76H144O6/c1-4-7-10-13-16-19-22-25-28-31-33-35-37-38-39-40-42-43-45-48-51-54-57-60-63-66-69-75(78)81-72-73(71-80-74(77)68-65-62-59-56-53-50-47-30-27-24-21-18-15-12-9-6-3)82-76(79)70-67-64-61-58-55-52-49-46-44-41-36-34-32-29-26-23-20-17-14-11-8-5-2/h21,24,30,47,73H,4-20,22-23,25-29,31-46,48-72H2,1-3H3/b24-21-,47-30-. The van der Waals surface area contributed by atoms with E-state index in [9.17, 15) is 14.4 Å². The molecule has 0 radical (unpaired) electrons. The molecule has 0 fully saturated rings. The third-order valence-corrected chi connectivity index (χ3v) is 17.2. The van der Waals surface area contributed by atoms with Gasteiger partial charge >= 0.3 is 17.9 Å². The Morgan fingerprint density at radius 3 is 0.683 bits per heavy atom. The lowest BCUT2D eigenvalue weighted by atomic mass is 10.0. The van der Waals surface area contributed by atoms with E-state index in [2.05, 4.69) is 45.1 Å². The number of allylic oxidation sites excluding steroid dienone is 4. The number of ether oxygens (including phenoxy) is 3. The fourth-order valence-corrected chi connectivity index (χ4v) is 11.6. The number of esters is 3. The summed E-state index contributed by atoms with van der Waals surface area (Å²) in [6.07, 6.45) is 87.9. The number of rotatable bonds is 70. The molecular weight excluding hydrogens is 1010 g/mol. The molecule has 0 amide bonds. The van der Waals surface area contributed by atoms with Crippen LogP contribution in [0.5, 0.6) is 0 Å². The minimum atomic E-state index is -0.775. The van der Waals surface area contributed by atoms with Crippen LogP contribution in [0.25, 0.3) is 0 Å². The summed E-state index contributed by atoms with van der Waals surface area (Å²) < 4.78 is 17.0. The van der Waals surface area contributed by atoms with Gasteiger partial charge in [-0.15, -0.1) is 0 Å². The predicted octanol–water partition coefficient (Wildman–Crippen LogP) is 25.7. The van der Waals surface area contributed by atoms with Crippen LogP contribution in [-0.2, 0) is 28.6 Å². The van der Waals surface area contributed by atoms with Crippen LogP contribution in [0.3, 0.4) is 0 Å². The molecule has 0 heterocycles. The quantitative estimate of drug-likeness (QED) is 0.0261. The maximum Gasteiger partial charge on any atom is 0.306 e. The number of unbranched alkanes of at least 4 members (excludes halogenated alkanes) is 55. The molecule has 0 aromatic rings. The van der Waals surface area contributed by atoms with Crippen LogP contribution in [0.2, 0.25) is 0 Å². The molecule has 1 atom stereocenters. The second-order valence-corrected chi connectivity index (χ2v) is 25.6. The Bertz CT molecular complexity index is 1320. The van der Waals surface area contributed by atoms with Crippen molar-refractivity contribution in [1.29, 1.82) is 0 Å². The minimum absolute atomic E-state index is 0.0690. The molecule has 0 saturated carbocycles. The van der Waals surface area contributed by atoms with Gasteiger partial charge in [0.25, 0.3) is 0 Å². The molecule has 0 N–H and O–H groups in total. The summed E-state index contributed by atoms with van der Waals surface area (Å²) in [6.45, 7) is 6.71. The zero-order chi connectivity index (χ0) is 59.2. The summed E-state index contributed by atoms with van der Waals surface area (Å²) >= 11 is 0. The molecule has 484 valence electrons. The molecule has 0 bridgehead atoms. The number of hydrogen-bond donors (Lipinski definition) is 0. The van der Waals surface area contributed by atoms with E-state index in [1.54, 1.807) is 0 Å². The first-order valence-corrected chi connectivity index (χ1v) is 37.3. The average molecular weight is 1150 g/mol. The normalized spacial score (nSPS) is 12.1. The Balaban J connectivity index is 4.25. The van der Waals surface area contributed by atoms with Crippen molar-refractivity contribution in [1.82, 2.24) is 0 Å². The molecule has 6 nitrogen and oxygen atoms in total. The van der Waals surface area contributed by atoms with Gasteiger partial charge in [-0.05, 0) is 51.4 Å². The SMILES string of the molecule is CCCCCC/C=C\C/C=C\CCCCCCCC(=O)OCC(COC(=O)CCCCCCCCCCCCCCCCCCCCCCCCCCCC)OC(=O)CCCCCCCCCCCCCCCCCCCCCCCC. The maximum absolute atomic E-state index is 13.0. The number of carbonyl (C=O) groups is 3. The van der Waals surface area contributed by atoms with E-state index in [4.69, 9.17) is 14.2 Å². The second kappa shape index (κ2) is 71.4. The zero-order valence-electron chi connectivity index (χ0n) is 55.8. The highest BCUT2D eigenvalue weighted by molar-refractivity contribution is 5.71. The molecule has 0 aromatic heterocycles. The van der Waals surface area contributed by atoms with Gasteiger partial charge in [-0.3, -0.25) is 14.4 Å². The molecule has 6 heteroatoms. The summed E-state index contributed by atoms with van der Waals surface area (Å²) in [5, 5.41) is 0. The fraction of sp³-hybridized carbons (Fsp3) is 0.908. The molecule has 0 rings (SSSR count). The van der Waals surface area contributed by atoms with Gasteiger partial charge in [0.2, 0.25) is 0 Å². The zero-order valence-corrected chi connectivity index (χ0v) is 55.8. The van der Waals surface area contributed by atoms with Gasteiger partial charge in [0, 0.05) is 19.3 Å². The third-order valence-electron chi connectivity index (χ3n) is 17.2. The lowest BCUT2D eigenvalue weighted by Gasteiger charge is -2.18. The minimum Gasteiger partial charge on any atom is -0.462 e. The smallest absolute Gasteiger partial charge is 0.306 e. The Morgan fingerprint density at radius 2 is 0.439 bits per heavy atom. The van der Waals surface area contributed by atoms with Gasteiger partial charge in [0.05, 0.1) is 0 Å². The van der Waals surface area contributed by atoms with Crippen LogP contribution < -0.4 is 0 Å². The van der Waals surface area contributed by atoms with Crippen LogP contribution in [-0.4, -0.2) is 37.2 Å². The lowest BCUT2D eigenvalue weighted by Crippen LogP contribution is -2.30. The fourth-order valence-electron chi connectivity index (χ4n) is 11.6. The Morgan fingerprint density at radius 1 is 0.244 bits per heavy atom. The monoisotopic (exact) mass is 1150 g/mol. The first-order chi connectivity index (χ1) is 40.5.